The molecular weight excluding hydrogens is 330 g/mol. The minimum Gasteiger partial charge on any atom is -0.369 e. The number of thiophene rings is 1. The molecule has 1 saturated heterocycles. The standard InChI is InChI=1S/C17H25NO3S2/c19-23(20,13-14-3-1-2-4-14)18-9-7-17(8-10-18)16-15(5-11-21-17)6-12-22-16/h6,12,14H,1-5,7-11,13H2. The highest BCUT2D eigenvalue weighted by Gasteiger charge is 2.44. The van der Waals surface area contributed by atoms with Crippen molar-refractivity contribution in [2.45, 2.75) is 50.5 Å². The van der Waals surface area contributed by atoms with Gasteiger partial charge in [0.25, 0.3) is 0 Å². The molecule has 128 valence electrons. The summed E-state index contributed by atoms with van der Waals surface area (Å²) in [5.41, 5.74) is 1.18. The Morgan fingerprint density at radius 2 is 2.00 bits per heavy atom. The Hall–Kier alpha value is -0.430. The van der Waals surface area contributed by atoms with E-state index < -0.39 is 10.0 Å². The fourth-order valence-corrected chi connectivity index (χ4v) is 7.48. The van der Waals surface area contributed by atoms with Gasteiger partial charge in [-0.3, -0.25) is 0 Å². The van der Waals surface area contributed by atoms with Gasteiger partial charge in [0.1, 0.15) is 5.60 Å². The number of ether oxygens (including phenoxy) is 1. The van der Waals surface area contributed by atoms with Gasteiger partial charge in [-0.25, -0.2) is 12.7 Å². The van der Waals surface area contributed by atoms with Crippen molar-refractivity contribution in [3.8, 4) is 0 Å². The molecule has 1 aliphatic carbocycles. The van der Waals surface area contributed by atoms with Crippen LogP contribution in [-0.4, -0.2) is 38.2 Å². The minimum atomic E-state index is -3.10. The highest BCUT2D eigenvalue weighted by molar-refractivity contribution is 7.89. The van der Waals surface area contributed by atoms with Crippen LogP contribution >= 0.6 is 11.3 Å². The summed E-state index contributed by atoms with van der Waals surface area (Å²) in [7, 11) is -3.10. The van der Waals surface area contributed by atoms with Crippen molar-refractivity contribution in [3.05, 3.63) is 21.9 Å². The Labute approximate surface area is 142 Å². The smallest absolute Gasteiger partial charge is 0.214 e. The van der Waals surface area contributed by atoms with E-state index in [1.165, 1.54) is 23.3 Å². The molecule has 0 aromatic carbocycles. The van der Waals surface area contributed by atoms with E-state index in [0.717, 1.165) is 38.7 Å². The molecule has 2 fully saturated rings. The molecule has 6 heteroatoms. The second kappa shape index (κ2) is 6.14. The first-order chi connectivity index (χ1) is 11.1. The molecule has 4 rings (SSSR count). The molecule has 1 aromatic rings. The molecule has 1 saturated carbocycles. The van der Waals surface area contributed by atoms with Crippen molar-refractivity contribution in [2.75, 3.05) is 25.4 Å². The first-order valence-electron chi connectivity index (χ1n) is 8.78. The molecule has 1 spiro atoms. The molecule has 23 heavy (non-hydrogen) atoms. The Morgan fingerprint density at radius 1 is 1.26 bits per heavy atom. The van der Waals surface area contributed by atoms with E-state index in [0.29, 0.717) is 24.8 Å². The zero-order chi connectivity index (χ0) is 15.9. The molecular formula is C17H25NO3S2. The average Bonchev–Trinajstić information content (AvgIpc) is 3.19. The summed E-state index contributed by atoms with van der Waals surface area (Å²) in [6, 6.07) is 2.20. The van der Waals surface area contributed by atoms with Crippen LogP contribution in [0.15, 0.2) is 11.4 Å². The van der Waals surface area contributed by atoms with Gasteiger partial charge in [0, 0.05) is 18.0 Å². The molecule has 3 aliphatic rings. The first-order valence-corrected chi connectivity index (χ1v) is 11.3. The molecule has 0 amide bonds. The van der Waals surface area contributed by atoms with Gasteiger partial charge in [0.15, 0.2) is 0 Å². The Morgan fingerprint density at radius 3 is 2.74 bits per heavy atom. The summed E-state index contributed by atoms with van der Waals surface area (Å²) in [6.45, 7) is 1.97. The molecule has 4 nitrogen and oxygen atoms in total. The van der Waals surface area contributed by atoms with Gasteiger partial charge >= 0.3 is 0 Å². The number of fused-ring (bicyclic) bond motifs is 2. The summed E-state index contributed by atoms with van der Waals surface area (Å²) >= 11 is 1.77. The summed E-state index contributed by atoms with van der Waals surface area (Å²) in [5, 5.41) is 2.14. The molecule has 0 radical (unpaired) electrons. The molecule has 0 unspecified atom stereocenters. The maximum atomic E-state index is 12.7. The molecule has 0 atom stereocenters. The predicted octanol–water partition coefficient (Wildman–Crippen LogP) is 3.13. The van der Waals surface area contributed by atoms with E-state index in [4.69, 9.17) is 4.74 Å². The van der Waals surface area contributed by atoms with Crippen LogP contribution in [0.5, 0.6) is 0 Å². The second-order valence-corrected chi connectivity index (χ2v) is 10.1. The fourth-order valence-electron chi connectivity index (χ4n) is 4.43. The number of rotatable bonds is 3. The lowest BCUT2D eigenvalue weighted by molar-refractivity contribution is -0.0862. The quantitative estimate of drug-likeness (QED) is 0.837. The van der Waals surface area contributed by atoms with Crippen LogP contribution in [0.2, 0.25) is 0 Å². The molecule has 1 aromatic heterocycles. The van der Waals surface area contributed by atoms with Crippen LogP contribution in [0, 0.1) is 5.92 Å². The lowest BCUT2D eigenvalue weighted by Gasteiger charge is -2.43. The number of hydrogen-bond donors (Lipinski definition) is 0. The predicted molar refractivity (Wildman–Crippen MR) is 92.2 cm³/mol. The maximum absolute atomic E-state index is 12.7. The zero-order valence-electron chi connectivity index (χ0n) is 13.5. The van der Waals surface area contributed by atoms with Gasteiger partial charge in [-0.1, -0.05) is 12.8 Å². The topological polar surface area (TPSA) is 46.6 Å². The lowest BCUT2D eigenvalue weighted by Crippen LogP contribution is -2.48. The Kier molecular flexibility index (Phi) is 4.28. The van der Waals surface area contributed by atoms with Gasteiger partial charge in [-0.05, 0) is 55.0 Å². The minimum absolute atomic E-state index is 0.221. The summed E-state index contributed by atoms with van der Waals surface area (Å²) in [5.74, 6) is 0.733. The molecule has 2 aliphatic heterocycles. The van der Waals surface area contributed by atoms with Gasteiger partial charge < -0.3 is 4.74 Å². The SMILES string of the molecule is O=S(=O)(CC1CCCC1)N1CCC2(CC1)OCCc1ccsc12. The van der Waals surface area contributed by atoms with Crippen molar-refractivity contribution in [3.63, 3.8) is 0 Å². The summed E-state index contributed by atoms with van der Waals surface area (Å²) in [6.07, 6.45) is 7.13. The van der Waals surface area contributed by atoms with Crippen LogP contribution in [-0.2, 0) is 26.8 Å². The summed E-state index contributed by atoms with van der Waals surface area (Å²) in [4.78, 5) is 1.34. The van der Waals surface area contributed by atoms with Crippen LogP contribution in [0.3, 0.4) is 0 Å². The van der Waals surface area contributed by atoms with E-state index in [1.807, 2.05) is 0 Å². The van der Waals surface area contributed by atoms with Crippen molar-refractivity contribution in [1.29, 1.82) is 0 Å². The number of piperidine rings is 1. The highest BCUT2D eigenvalue weighted by atomic mass is 32.2. The number of hydrogen-bond acceptors (Lipinski definition) is 4. The normalized spacial score (nSPS) is 25.7. The van der Waals surface area contributed by atoms with Crippen LogP contribution in [0.4, 0.5) is 0 Å². The highest BCUT2D eigenvalue weighted by Crippen LogP contribution is 2.44. The Balaban J connectivity index is 1.45. The third-order valence-corrected chi connectivity index (χ3v) is 8.94. The van der Waals surface area contributed by atoms with Crippen LogP contribution in [0.25, 0.3) is 0 Å². The third kappa shape index (κ3) is 2.99. The second-order valence-electron chi connectivity index (χ2n) is 7.20. The van der Waals surface area contributed by atoms with Crippen molar-refractivity contribution >= 4 is 21.4 Å². The first kappa shape index (κ1) is 16.1. The largest absolute Gasteiger partial charge is 0.369 e. The van der Waals surface area contributed by atoms with E-state index in [9.17, 15) is 8.42 Å². The van der Waals surface area contributed by atoms with Gasteiger partial charge in [-0.15, -0.1) is 11.3 Å². The fraction of sp³-hybridized carbons (Fsp3) is 0.765. The van der Waals surface area contributed by atoms with E-state index >= 15 is 0 Å². The molecule has 3 heterocycles. The van der Waals surface area contributed by atoms with Gasteiger partial charge in [-0.2, -0.15) is 0 Å². The van der Waals surface area contributed by atoms with Crippen molar-refractivity contribution in [2.24, 2.45) is 5.92 Å². The molecule has 0 bridgehead atoms. The monoisotopic (exact) mass is 355 g/mol. The van der Waals surface area contributed by atoms with E-state index in [-0.39, 0.29) is 5.60 Å². The average molecular weight is 356 g/mol. The Bertz CT molecular complexity index is 653. The summed E-state index contributed by atoms with van der Waals surface area (Å²) < 4.78 is 33.3. The number of nitrogens with zero attached hydrogens (tertiary/aromatic N) is 1. The van der Waals surface area contributed by atoms with Crippen molar-refractivity contribution in [1.82, 2.24) is 4.31 Å². The van der Waals surface area contributed by atoms with E-state index in [2.05, 4.69) is 11.4 Å². The van der Waals surface area contributed by atoms with E-state index in [1.54, 1.807) is 15.6 Å². The number of sulfonamides is 1. The van der Waals surface area contributed by atoms with Gasteiger partial charge in [0.2, 0.25) is 10.0 Å². The van der Waals surface area contributed by atoms with Crippen LogP contribution in [0.1, 0.15) is 49.0 Å². The zero-order valence-corrected chi connectivity index (χ0v) is 15.1. The third-order valence-electron chi connectivity index (χ3n) is 5.75. The molecule has 0 N–H and O–H groups in total. The van der Waals surface area contributed by atoms with Crippen molar-refractivity contribution < 1.29 is 13.2 Å². The van der Waals surface area contributed by atoms with Gasteiger partial charge in [0.05, 0.1) is 12.4 Å². The maximum Gasteiger partial charge on any atom is 0.214 e. The lowest BCUT2D eigenvalue weighted by atomic mass is 9.86. The van der Waals surface area contributed by atoms with Crippen LogP contribution < -0.4 is 0 Å².